The van der Waals surface area contributed by atoms with Gasteiger partial charge in [-0.15, -0.1) is 0 Å². The highest BCUT2D eigenvalue weighted by molar-refractivity contribution is 9.10. The normalized spacial score (nSPS) is 11.2. The van der Waals surface area contributed by atoms with Gasteiger partial charge in [0.2, 0.25) is 0 Å². The molecule has 0 unspecified atom stereocenters. The molecule has 0 saturated carbocycles. The van der Waals surface area contributed by atoms with E-state index < -0.39 is 0 Å². The number of ether oxygens (including phenoxy) is 1. The second-order valence-corrected chi connectivity index (χ2v) is 5.57. The molecule has 1 rings (SSSR count). The van der Waals surface area contributed by atoms with E-state index >= 15 is 0 Å². The van der Waals surface area contributed by atoms with Gasteiger partial charge in [0.1, 0.15) is 16.3 Å². The summed E-state index contributed by atoms with van der Waals surface area (Å²) < 4.78 is 6.72. The first kappa shape index (κ1) is 12.5. The van der Waals surface area contributed by atoms with Gasteiger partial charge in [-0.1, -0.05) is 28.1 Å². The van der Waals surface area contributed by atoms with Gasteiger partial charge in [-0.2, -0.15) is 0 Å². The van der Waals surface area contributed by atoms with Crippen molar-refractivity contribution < 1.29 is 4.74 Å². The highest BCUT2D eigenvalue weighted by atomic mass is 79.9. The summed E-state index contributed by atoms with van der Waals surface area (Å²) in [5.41, 5.74) is 6.12. The van der Waals surface area contributed by atoms with Crippen molar-refractivity contribution in [3.05, 3.63) is 28.2 Å². The van der Waals surface area contributed by atoms with Crippen LogP contribution in [-0.2, 0) is 0 Å². The molecule has 0 bridgehead atoms. The number of rotatable bonds is 2. The monoisotopic (exact) mass is 287 g/mol. The molecule has 0 aliphatic heterocycles. The topological polar surface area (TPSA) is 35.2 Å². The molecule has 0 heterocycles. The fraction of sp³-hybridized carbons (Fsp3) is 0.364. The van der Waals surface area contributed by atoms with Crippen molar-refractivity contribution in [2.75, 3.05) is 0 Å². The summed E-state index contributed by atoms with van der Waals surface area (Å²) in [6.07, 6.45) is 0. The van der Waals surface area contributed by atoms with Crippen molar-refractivity contribution in [3.63, 3.8) is 0 Å². The van der Waals surface area contributed by atoms with Crippen LogP contribution >= 0.6 is 28.1 Å². The van der Waals surface area contributed by atoms with E-state index in [0.29, 0.717) is 10.7 Å². The molecular formula is C11H14BrNOS. The fourth-order valence-electron chi connectivity index (χ4n) is 1.11. The Bertz CT molecular complexity index is 385. The van der Waals surface area contributed by atoms with Crippen LogP contribution in [0.3, 0.4) is 0 Å². The summed E-state index contributed by atoms with van der Waals surface area (Å²) in [7, 11) is 0. The molecule has 0 aromatic heterocycles. The van der Waals surface area contributed by atoms with Crippen LogP contribution in [0.4, 0.5) is 0 Å². The van der Waals surface area contributed by atoms with Gasteiger partial charge in [0.25, 0.3) is 0 Å². The summed E-state index contributed by atoms with van der Waals surface area (Å²) >= 11 is 8.35. The van der Waals surface area contributed by atoms with Gasteiger partial charge in [0, 0.05) is 4.47 Å². The minimum absolute atomic E-state index is 0.264. The maximum Gasteiger partial charge on any atom is 0.131 e. The standard InChI is InChI=1S/C11H14BrNOS/c1-11(2,3)14-9-6-7(12)4-5-8(9)10(13)15/h4-6H,1-3H3,(H2,13,15). The average Bonchev–Trinajstić information content (AvgIpc) is 1.99. The van der Waals surface area contributed by atoms with Crippen molar-refractivity contribution in [2.45, 2.75) is 26.4 Å². The quantitative estimate of drug-likeness (QED) is 0.848. The number of benzene rings is 1. The zero-order valence-electron chi connectivity index (χ0n) is 9.00. The third kappa shape index (κ3) is 3.80. The summed E-state index contributed by atoms with van der Waals surface area (Å²) in [5, 5.41) is 0. The Labute approximate surface area is 104 Å². The lowest BCUT2D eigenvalue weighted by atomic mass is 10.1. The molecule has 2 N–H and O–H groups in total. The molecule has 0 saturated heterocycles. The number of hydrogen-bond acceptors (Lipinski definition) is 2. The number of thiocarbonyl (C=S) groups is 1. The van der Waals surface area contributed by atoms with Crippen molar-refractivity contribution in [1.82, 2.24) is 0 Å². The predicted octanol–water partition coefficient (Wildman–Crippen LogP) is 3.26. The van der Waals surface area contributed by atoms with Gasteiger partial charge in [-0.05, 0) is 39.0 Å². The van der Waals surface area contributed by atoms with Gasteiger partial charge in [0.05, 0.1) is 5.56 Å². The minimum atomic E-state index is -0.264. The van der Waals surface area contributed by atoms with Crippen LogP contribution in [0.2, 0.25) is 0 Å². The molecule has 4 heteroatoms. The lowest BCUT2D eigenvalue weighted by Gasteiger charge is -2.23. The second-order valence-electron chi connectivity index (χ2n) is 4.22. The van der Waals surface area contributed by atoms with E-state index in [9.17, 15) is 0 Å². The van der Waals surface area contributed by atoms with E-state index in [0.717, 1.165) is 10.0 Å². The van der Waals surface area contributed by atoms with E-state index in [-0.39, 0.29) is 5.60 Å². The van der Waals surface area contributed by atoms with Crippen molar-refractivity contribution >= 4 is 33.1 Å². The molecule has 1 aromatic carbocycles. The Kier molecular flexibility index (Phi) is 3.73. The van der Waals surface area contributed by atoms with Crippen LogP contribution in [0.25, 0.3) is 0 Å². The fourth-order valence-corrected chi connectivity index (χ4v) is 1.62. The van der Waals surface area contributed by atoms with Crippen LogP contribution in [0, 0.1) is 0 Å². The highest BCUT2D eigenvalue weighted by Gasteiger charge is 2.15. The van der Waals surface area contributed by atoms with Gasteiger partial charge < -0.3 is 10.5 Å². The van der Waals surface area contributed by atoms with E-state index in [4.69, 9.17) is 22.7 Å². The molecule has 0 spiro atoms. The first-order chi connectivity index (χ1) is 6.79. The second kappa shape index (κ2) is 4.49. The molecule has 0 aliphatic carbocycles. The Morgan fingerprint density at radius 2 is 2.00 bits per heavy atom. The summed E-state index contributed by atoms with van der Waals surface area (Å²) in [4.78, 5) is 0.349. The molecule has 0 aliphatic rings. The Morgan fingerprint density at radius 1 is 1.40 bits per heavy atom. The Hall–Kier alpha value is -0.610. The molecule has 2 nitrogen and oxygen atoms in total. The van der Waals surface area contributed by atoms with Crippen LogP contribution in [0.5, 0.6) is 5.75 Å². The molecule has 0 fully saturated rings. The van der Waals surface area contributed by atoms with Crippen molar-refractivity contribution in [2.24, 2.45) is 5.73 Å². The molecular weight excluding hydrogens is 274 g/mol. The Balaban J connectivity index is 3.13. The number of nitrogens with two attached hydrogens (primary N) is 1. The predicted molar refractivity (Wildman–Crippen MR) is 70.4 cm³/mol. The Morgan fingerprint density at radius 3 is 2.47 bits per heavy atom. The smallest absolute Gasteiger partial charge is 0.131 e. The zero-order valence-corrected chi connectivity index (χ0v) is 11.4. The first-order valence-corrected chi connectivity index (χ1v) is 5.78. The maximum atomic E-state index is 5.78. The number of halogens is 1. The molecule has 0 atom stereocenters. The van der Waals surface area contributed by atoms with Gasteiger partial charge >= 0.3 is 0 Å². The third-order valence-corrected chi connectivity index (χ3v) is 2.34. The molecule has 15 heavy (non-hydrogen) atoms. The van der Waals surface area contributed by atoms with E-state index in [1.54, 1.807) is 0 Å². The minimum Gasteiger partial charge on any atom is -0.487 e. The van der Waals surface area contributed by atoms with E-state index in [1.807, 2.05) is 39.0 Å². The maximum absolute atomic E-state index is 5.78. The average molecular weight is 288 g/mol. The van der Waals surface area contributed by atoms with Gasteiger partial charge in [0.15, 0.2) is 0 Å². The van der Waals surface area contributed by atoms with Crippen LogP contribution < -0.4 is 10.5 Å². The SMILES string of the molecule is CC(C)(C)Oc1cc(Br)ccc1C(N)=S. The summed E-state index contributed by atoms with van der Waals surface area (Å²) in [5.74, 6) is 0.712. The van der Waals surface area contributed by atoms with Crippen molar-refractivity contribution in [3.8, 4) is 5.75 Å². The van der Waals surface area contributed by atoms with Gasteiger partial charge in [-0.25, -0.2) is 0 Å². The third-order valence-electron chi connectivity index (χ3n) is 1.63. The number of hydrogen-bond donors (Lipinski definition) is 1. The van der Waals surface area contributed by atoms with Gasteiger partial charge in [-0.3, -0.25) is 0 Å². The van der Waals surface area contributed by atoms with E-state index in [2.05, 4.69) is 15.9 Å². The summed E-state index contributed by atoms with van der Waals surface area (Å²) in [6, 6.07) is 5.62. The lowest BCUT2D eigenvalue weighted by Crippen LogP contribution is -2.25. The van der Waals surface area contributed by atoms with Crippen LogP contribution in [0.15, 0.2) is 22.7 Å². The highest BCUT2D eigenvalue weighted by Crippen LogP contribution is 2.27. The van der Waals surface area contributed by atoms with Crippen molar-refractivity contribution in [1.29, 1.82) is 0 Å². The largest absolute Gasteiger partial charge is 0.487 e. The molecule has 0 radical (unpaired) electrons. The van der Waals surface area contributed by atoms with E-state index in [1.165, 1.54) is 0 Å². The first-order valence-electron chi connectivity index (χ1n) is 4.58. The van der Waals surface area contributed by atoms with Crippen LogP contribution in [0.1, 0.15) is 26.3 Å². The molecule has 82 valence electrons. The molecule has 1 aromatic rings. The zero-order chi connectivity index (χ0) is 11.6. The van der Waals surface area contributed by atoms with Crippen LogP contribution in [-0.4, -0.2) is 10.6 Å². The molecule has 0 amide bonds. The lowest BCUT2D eigenvalue weighted by molar-refractivity contribution is 0.130. The summed E-state index contributed by atoms with van der Waals surface area (Å²) in [6.45, 7) is 5.95.